The first-order chi connectivity index (χ1) is 8.97. The van der Waals surface area contributed by atoms with Gasteiger partial charge in [0.25, 0.3) is 0 Å². The molecule has 0 saturated carbocycles. The molecule has 0 aliphatic rings. The van der Waals surface area contributed by atoms with E-state index in [9.17, 15) is 9.59 Å². The number of hydrogen-bond donors (Lipinski definition) is 3. The lowest BCUT2D eigenvalue weighted by Gasteiger charge is -2.09. The van der Waals surface area contributed by atoms with Crippen LogP contribution in [0.3, 0.4) is 0 Å². The van der Waals surface area contributed by atoms with E-state index in [-0.39, 0.29) is 30.4 Å². The highest BCUT2D eigenvalue weighted by molar-refractivity contribution is 5.77. The molecule has 0 spiro atoms. The number of carbonyl (C=O) groups excluding carboxylic acids is 1. The van der Waals surface area contributed by atoms with Crippen molar-refractivity contribution in [1.82, 2.24) is 5.32 Å². The second kappa shape index (κ2) is 7.41. The van der Waals surface area contributed by atoms with Gasteiger partial charge in [0.15, 0.2) is 0 Å². The van der Waals surface area contributed by atoms with Crippen LogP contribution in [0.25, 0.3) is 0 Å². The summed E-state index contributed by atoms with van der Waals surface area (Å²) in [6, 6.07) is 6.81. The fraction of sp³-hybridized carbons (Fsp3) is 0.429. The van der Waals surface area contributed by atoms with E-state index in [1.54, 1.807) is 31.2 Å². The third kappa shape index (κ3) is 6.45. The maximum Gasteiger partial charge on any atom is 0.303 e. The smallest absolute Gasteiger partial charge is 0.303 e. The highest BCUT2D eigenvalue weighted by atomic mass is 16.4. The second-order valence-electron chi connectivity index (χ2n) is 4.67. The number of phenols is 1. The molecule has 1 atom stereocenters. The lowest BCUT2D eigenvalue weighted by molar-refractivity contribution is -0.138. The summed E-state index contributed by atoms with van der Waals surface area (Å²) in [4.78, 5) is 22.0. The molecular weight excluding hydrogens is 246 g/mol. The van der Waals surface area contributed by atoms with Crippen LogP contribution in [0.2, 0.25) is 0 Å². The van der Waals surface area contributed by atoms with E-state index < -0.39 is 5.97 Å². The number of phenolic OH excluding ortho intramolecular Hbond substituents is 1. The molecule has 5 nitrogen and oxygen atoms in total. The lowest BCUT2D eigenvalue weighted by Crippen LogP contribution is -2.27. The van der Waals surface area contributed by atoms with E-state index in [0.717, 1.165) is 5.56 Å². The van der Waals surface area contributed by atoms with Crippen LogP contribution >= 0.6 is 0 Å². The van der Waals surface area contributed by atoms with Gasteiger partial charge in [0, 0.05) is 19.4 Å². The Bertz CT molecular complexity index is 428. The Morgan fingerprint density at radius 1 is 1.21 bits per heavy atom. The predicted octanol–water partition coefficient (Wildman–Crippen LogP) is 1.55. The average Bonchev–Trinajstić information content (AvgIpc) is 2.30. The van der Waals surface area contributed by atoms with Crippen LogP contribution in [0.4, 0.5) is 0 Å². The molecule has 1 aromatic carbocycles. The normalized spacial score (nSPS) is 11.8. The van der Waals surface area contributed by atoms with E-state index in [1.165, 1.54) is 0 Å². The Balaban J connectivity index is 2.23. The third-order valence-electron chi connectivity index (χ3n) is 2.73. The highest BCUT2D eigenvalue weighted by Gasteiger charge is 2.12. The lowest BCUT2D eigenvalue weighted by atomic mass is 10.0. The van der Waals surface area contributed by atoms with Crippen LogP contribution < -0.4 is 5.32 Å². The summed E-state index contributed by atoms with van der Waals surface area (Å²) in [6.45, 7) is 2.25. The van der Waals surface area contributed by atoms with Crippen LogP contribution in [0.5, 0.6) is 5.75 Å². The van der Waals surface area contributed by atoms with E-state index in [2.05, 4.69) is 5.32 Å². The molecule has 1 amide bonds. The molecule has 0 aliphatic carbocycles. The summed E-state index contributed by atoms with van der Waals surface area (Å²) in [5.41, 5.74) is 1.02. The fourth-order valence-corrected chi connectivity index (χ4v) is 1.77. The van der Waals surface area contributed by atoms with Crippen molar-refractivity contribution in [2.45, 2.75) is 26.2 Å². The van der Waals surface area contributed by atoms with Gasteiger partial charge < -0.3 is 15.5 Å². The Morgan fingerprint density at radius 2 is 1.84 bits per heavy atom. The zero-order valence-electron chi connectivity index (χ0n) is 10.9. The SMILES string of the molecule is CC(CC(=O)O)CC(=O)NCCc1ccc(O)cc1. The van der Waals surface area contributed by atoms with Crippen LogP contribution in [0, 0.1) is 5.92 Å². The number of carboxylic acids is 1. The first-order valence-corrected chi connectivity index (χ1v) is 6.23. The standard InChI is InChI=1S/C14H19NO4/c1-10(9-14(18)19)8-13(17)15-7-6-11-2-4-12(16)5-3-11/h2-5,10,16H,6-9H2,1H3,(H,15,17)(H,18,19). The molecule has 1 aromatic rings. The summed E-state index contributed by atoms with van der Waals surface area (Å²) in [5, 5.41) is 20.5. The Kier molecular flexibility index (Phi) is 5.85. The molecule has 0 fully saturated rings. The molecule has 5 heteroatoms. The number of aliphatic carboxylic acids is 1. The van der Waals surface area contributed by atoms with Gasteiger partial charge in [-0.1, -0.05) is 19.1 Å². The molecule has 0 aliphatic heterocycles. The molecule has 1 rings (SSSR count). The predicted molar refractivity (Wildman–Crippen MR) is 70.9 cm³/mol. The summed E-state index contributed by atoms with van der Waals surface area (Å²) in [5.74, 6) is -0.960. The zero-order chi connectivity index (χ0) is 14.3. The van der Waals surface area contributed by atoms with Crippen molar-refractivity contribution in [2.24, 2.45) is 5.92 Å². The van der Waals surface area contributed by atoms with Crippen molar-refractivity contribution >= 4 is 11.9 Å². The van der Waals surface area contributed by atoms with Crippen molar-refractivity contribution < 1.29 is 19.8 Å². The van der Waals surface area contributed by atoms with Gasteiger partial charge in [-0.2, -0.15) is 0 Å². The molecule has 0 heterocycles. The summed E-state index contributed by atoms with van der Waals surface area (Å²) < 4.78 is 0. The molecule has 104 valence electrons. The van der Waals surface area contributed by atoms with Gasteiger partial charge in [-0.15, -0.1) is 0 Å². The monoisotopic (exact) mass is 265 g/mol. The molecule has 3 N–H and O–H groups in total. The molecule has 0 saturated heterocycles. The summed E-state index contributed by atoms with van der Waals surface area (Å²) in [6.07, 6.45) is 0.909. The van der Waals surface area contributed by atoms with Crippen LogP contribution in [0.1, 0.15) is 25.3 Å². The van der Waals surface area contributed by atoms with Crippen LogP contribution in [-0.2, 0) is 16.0 Å². The number of nitrogens with one attached hydrogen (secondary N) is 1. The van der Waals surface area contributed by atoms with E-state index in [0.29, 0.717) is 13.0 Å². The van der Waals surface area contributed by atoms with Crippen molar-refractivity contribution in [2.75, 3.05) is 6.54 Å². The molecule has 0 aromatic heterocycles. The van der Waals surface area contributed by atoms with Crippen molar-refractivity contribution in [1.29, 1.82) is 0 Å². The molecule has 0 bridgehead atoms. The van der Waals surface area contributed by atoms with Crippen LogP contribution in [0.15, 0.2) is 24.3 Å². The Hall–Kier alpha value is -2.04. The van der Waals surface area contributed by atoms with E-state index in [1.807, 2.05) is 0 Å². The van der Waals surface area contributed by atoms with Gasteiger partial charge in [-0.05, 0) is 30.0 Å². The van der Waals surface area contributed by atoms with E-state index in [4.69, 9.17) is 10.2 Å². The number of carboxylic acid groups (broad SMARTS) is 1. The number of benzene rings is 1. The minimum absolute atomic E-state index is 0.00534. The van der Waals surface area contributed by atoms with Crippen molar-refractivity contribution in [3.8, 4) is 5.75 Å². The zero-order valence-corrected chi connectivity index (χ0v) is 10.9. The van der Waals surface area contributed by atoms with Crippen molar-refractivity contribution in [3.05, 3.63) is 29.8 Å². The van der Waals surface area contributed by atoms with Crippen molar-refractivity contribution in [3.63, 3.8) is 0 Å². The van der Waals surface area contributed by atoms with Gasteiger partial charge >= 0.3 is 5.97 Å². The summed E-state index contributed by atoms with van der Waals surface area (Å²) in [7, 11) is 0. The molecule has 1 unspecified atom stereocenters. The fourth-order valence-electron chi connectivity index (χ4n) is 1.77. The second-order valence-corrected chi connectivity index (χ2v) is 4.67. The molecular formula is C14H19NO4. The topological polar surface area (TPSA) is 86.6 Å². The Labute approximate surface area is 112 Å². The minimum atomic E-state index is -0.885. The van der Waals surface area contributed by atoms with Gasteiger partial charge in [0.2, 0.25) is 5.91 Å². The maximum absolute atomic E-state index is 11.5. The van der Waals surface area contributed by atoms with E-state index >= 15 is 0 Å². The first-order valence-electron chi connectivity index (χ1n) is 6.23. The summed E-state index contributed by atoms with van der Waals surface area (Å²) >= 11 is 0. The number of amides is 1. The number of carbonyl (C=O) groups is 2. The quantitative estimate of drug-likeness (QED) is 0.698. The van der Waals surface area contributed by atoms with Gasteiger partial charge in [-0.25, -0.2) is 0 Å². The molecule has 0 radical (unpaired) electrons. The largest absolute Gasteiger partial charge is 0.508 e. The third-order valence-corrected chi connectivity index (χ3v) is 2.73. The first kappa shape index (κ1) is 15.0. The number of hydrogen-bond acceptors (Lipinski definition) is 3. The average molecular weight is 265 g/mol. The Morgan fingerprint density at radius 3 is 2.42 bits per heavy atom. The maximum atomic E-state index is 11.5. The van der Waals surface area contributed by atoms with Crippen LogP contribution in [-0.4, -0.2) is 28.6 Å². The van der Waals surface area contributed by atoms with Gasteiger partial charge in [0.05, 0.1) is 0 Å². The highest BCUT2D eigenvalue weighted by Crippen LogP contribution is 2.10. The number of aromatic hydroxyl groups is 1. The number of rotatable bonds is 7. The molecule has 19 heavy (non-hydrogen) atoms. The van der Waals surface area contributed by atoms with Gasteiger partial charge in [0.1, 0.15) is 5.75 Å². The minimum Gasteiger partial charge on any atom is -0.508 e. The van der Waals surface area contributed by atoms with Gasteiger partial charge in [-0.3, -0.25) is 9.59 Å².